The van der Waals surface area contributed by atoms with Gasteiger partial charge in [-0.2, -0.15) is 0 Å². The van der Waals surface area contributed by atoms with Gasteiger partial charge >= 0.3 is 0 Å². The average Bonchev–Trinajstić information content (AvgIpc) is 3.70. The summed E-state index contributed by atoms with van der Waals surface area (Å²) in [5, 5.41) is 6.13. The van der Waals surface area contributed by atoms with Gasteiger partial charge in [0.05, 0.1) is 11.7 Å². The van der Waals surface area contributed by atoms with Crippen molar-refractivity contribution >= 4 is 34.1 Å². The first-order valence-corrected chi connectivity index (χ1v) is 15.3. The van der Waals surface area contributed by atoms with Crippen molar-refractivity contribution in [2.75, 3.05) is 51.3 Å². The Hall–Kier alpha value is -2.86. The van der Waals surface area contributed by atoms with Crippen LogP contribution >= 0.6 is 11.3 Å². The van der Waals surface area contributed by atoms with E-state index in [9.17, 15) is 14.4 Å². The van der Waals surface area contributed by atoms with E-state index in [0.29, 0.717) is 5.56 Å². The number of Topliss-reactive ketones (excluding diaryl/α,β-unsaturated/α-hetero) is 1. The highest BCUT2D eigenvalue weighted by molar-refractivity contribution is 7.14. The van der Waals surface area contributed by atoms with E-state index in [0.717, 1.165) is 74.7 Å². The molecular formula is C29H38N6O4S. The van der Waals surface area contributed by atoms with Gasteiger partial charge in [-0.3, -0.25) is 14.4 Å². The number of carbonyl (C=O) groups is 3. The number of ketones is 1. The average molecular weight is 567 g/mol. The maximum absolute atomic E-state index is 13.9. The number of piperazine rings is 1. The molecule has 0 radical (unpaired) electrons. The Balaban J connectivity index is 1.16. The number of anilines is 1. The molecule has 6 rings (SSSR count). The Labute approximate surface area is 238 Å². The second-order valence-corrected chi connectivity index (χ2v) is 12.4. The summed E-state index contributed by atoms with van der Waals surface area (Å²) in [6, 6.07) is 5.64. The van der Waals surface area contributed by atoms with Gasteiger partial charge in [-0.05, 0) is 37.9 Å². The largest absolute Gasteiger partial charge is 0.366 e. The molecule has 40 heavy (non-hydrogen) atoms. The van der Waals surface area contributed by atoms with Crippen LogP contribution in [0.15, 0.2) is 29.6 Å². The normalized spacial score (nSPS) is 26.6. The molecule has 2 amide bonds. The van der Waals surface area contributed by atoms with Gasteiger partial charge in [0.1, 0.15) is 24.8 Å². The minimum Gasteiger partial charge on any atom is -0.366 e. The Kier molecular flexibility index (Phi) is 7.89. The zero-order valence-electron chi connectivity index (χ0n) is 23.0. The summed E-state index contributed by atoms with van der Waals surface area (Å²) in [7, 11) is 2.14. The molecule has 3 N–H and O–H groups in total. The number of hydrogen-bond acceptors (Lipinski definition) is 9. The van der Waals surface area contributed by atoms with E-state index >= 15 is 0 Å². The third-order valence-electron chi connectivity index (χ3n) is 8.89. The molecule has 4 aliphatic rings. The number of nitrogens with zero attached hydrogens (tertiary/aromatic N) is 4. The molecule has 214 valence electrons. The number of rotatable bonds is 6. The molecule has 4 atom stereocenters. The van der Waals surface area contributed by atoms with Crippen molar-refractivity contribution in [3.63, 3.8) is 0 Å². The van der Waals surface area contributed by atoms with Crippen molar-refractivity contribution in [3.8, 4) is 11.3 Å². The summed E-state index contributed by atoms with van der Waals surface area (Å²) < 4.78 is 5.58. The van der Waals surface area contributed by atoms with Crippen LogP contribution in [0.3, 0.4) is 0 Å². The molecule has 0 spiro atoms. The predicted octanol–water partition coefficient (Wildman–Crippen LogP) is 1.75. The summed E-state index contributed by atoms with van der Waals surface area (Å²) in [6.07, 6.45) is 4.45. The van der Waals surface area contributed by atoms with E-state index in [1.165, 1.54) is 0 Å². The summed E-state index contributed by atoms with van der Waals surface area (Å²) in [4.78, 5) is 50.9. The molecule has 1 aromatic carbocycles. The van der Waals surface area contributed by atoms with Crippen LogP contribution in [0.1, 0.15) is 42.5 Å². The van der Waals surface area contributed by atoms with E-state index in [2.05, 4.69) is 27.5 Å². The number of hydrogen-bond donors (Lipinski definition) is 2. The molecule has 1 aliphatic carbocycles. The number of ether oxygens (including phenoxy) is 1. The number of fused-ring (bicyclic) bond motifs is 1. The molecule has 0 unspecified atom stereocenters. The van der Waals surface area contributed by atoms with E-state index in [4.69, 9.17) is 15.5 Å². The van der Waals surface area contributed by atoms with Crippen LogP contribution in [0.4, 0.5) is 5.13 Å². The van der Waals surface area contributed by atoms with Gasteiger partial charge in [-0.15, -0.1) is 11.3 Å². The topological polar surface area (TPSA) is 121 Å². The molecule has 4 fully saturated rings. The summed E-state index contributed by atoms with van der Waals surface area (Å²) in [5.41, 5.74) is 8.56. The second-order valence-electron chi connectivity index (χ2n) is 11.6. The Morgan fingerprint density at radius 3 is 2.55 bits per heavy atom. The van der Waals surface area contributed by atoms with Gasteiger partial charge < -0.3 is 30.5 Å². The lowest BCUT2D eigenvalue weighted by molar-refractivity contribution is -0.139. The van der Waals surface area contributed by atoms with Gasteiger partial charge in [0.15, 0.2) is 10.9 Å². The van der Waals surface area contributed by atoms with E-state index < -0.39 is 24.2 Å². The fourth-order valence-corrected chi connectivity index (χ4v) is 7.39. The molecule has 1 aromatic heterocycles. The molecule has 11 heteroatoms. The Morgan fingerprint density at radius 2 is 1.82 bits per heavy atom. The molecule has 0 bridgehead atoms. The number of likely N-dealkylation sites (N-methyl/N-ethyl adjacent to an activating group) is 1. The fraction of sp³-hybridized carbons (Fsp3) is 0.586. The van der Waals surface area contributed by atoms with E-state index in [1.54, 1.807) is 28.4 Å². The van der Waals surface area contributed by atoms with Crippen LogP contribution in [-0.2, 0) is 14.3 Å². The molecule has 3 saturated heterocycles. The maximum atomic E-state index is 13.9. The van der Waals surface area contributed by atoms with Crippen molar-refractivity contribution in [2.24, 2.45) is 11.7 Å². The third-order valence-corrected chi connectivity index (χ3v) is 9.79. The van der Waals surface area contributed by atoms with Gasteiger partial charge in [0.25, 0.3) is 5.91 Å². The second kappa shape index (κ2) is 11.6. The van der Waals surface area contributed by atoms with Crippen LogP contribution in [0.25, 0.3) is 11.3 Å². The number of amides is 2. The zero-order valence-corrected chi connectivity index (χ0v) is 23.8. The van der Waals surface area contributed by atoms with Crippen molar-refractivity contribution in [2.45, 2.75) is 56.3 Å². The highest BCUT2D eigenvalue weighted by Gasteiger charge is 2.52. The number of likely N-dealkylation sites (tertiary alicyclic amines) is 1. The fourth-order valence-electron chi connectivity index (χ4n) is 6.50. The van der Waals surface area contributed by atoms with Gasteiger partial charge in [-0.25, -0.2) is 4.98 Å². The monoisotopic (exact) mass is 566 g/mol. The third kappa shape index (κ3) is 5.39. The minimum atomic E-state index is -0.698. The van der Waals surface area contributed by atoms with Crippen LogP contribution in [0.2, 0.25) is 0 Å². The number of nitrogens with two attached hydrogens (primary N) is 1. The summed E-state index contributed by atoms with van der Waals surface area (Å²) >= 11 is 1.64. The lowest BCUT2D eigenvalue weighted by Crippen LogP contribution is -2.55. The molecule has 3 aliphatic heterocycles. The van der Waals surface area contributed by atoms with Gasteiger partial charge in [-0.1, -0.05) is 31.4 Å². The smallest absolute Gasteiger partial charge is 0.251 e. The standard InChI is InChI=1S/C29H38N6O4S/c1-33-11-13-34(14-12-33)29-31-22(17-40-29)18-7-9-20(10-8-18)27(37)32-24(19-5-3-2-4-6-19)28(38)35-15-21(30)26-25(35)23(36)16-39-26/h7-10,17,19,21,24-26H,2-6,11-16,30H2,1H3,(H,32,37)/t21-,24+,25-,26-/m1/s1. The predicted molar refractivity (Wildman–Crippen MR) is 153 cm³/mol. The lowest BCUT2D eigenvalue weighted by atomic mass is 9.83. The van der Waals surface area contributed by atoms with Crippen molar-refractivity contribution in [1.29, 1.82) is 0 Å². The quantitative estimate of drug-likeness (QED) is 0.543. The maximum Gasteiger partial charge on any atom is 0.251 e. The summed E-state index contributed by atoms with van der Waals surface area (Å²) in [5.74, 6) is -0.605. The number of nitrogens with one attached hydrogen (secondary N) is 1. The van der Waals surface area contributed by atoms with Gasteiger partial charge in [0, 0.05) is 49.2 Å². The molecule has 1 saturated carbocycles. The number of aromatic nitrogens is 1. The lowest BCUT2D eigenvalue weighted by Gasteiger charge is -2.34. The molecule has 2 aromatic rings. The highest BCUT2D eigenvalue weighted by Crippen LogP contribution is 2.32. The zero-order chi connectivity index (χ0) is 27.8. The van der Waals surface area contributed by atoms with Crippen molar-refractivity contribution < 1.29 is 19.1 Å². The number of thiazole rings is 1. The first kappa shape index (κ1) is 27.3. The SMILES string of the molecule is CN1CCN(c2nc(-c3ccc(C(=O)N[C@H](C(=O)N4C[C@@H](N)[C@H]5OCC(=O)[C@H]54)C4CCCCC4)cc3)cs2)CC1. The first-order chi connectivity index (χ1) is 19.4. The van der Waals surface area contributed by atoms with Crippen molar-refractivity contribution in [3.05, 3.63) is 35.2 Å². The van der Waals surface area contributed by atoms with E-state index in [1.807, 2.05) is 12.1 Å². The molecule has 4 heterocycles. The Morgan fingerprint density at radius 1 is 1.10 bits per heavy atom. The van der Waals surface area contributed by atoms with Crippen LogP contribution in [-0.4, -0.2) is 103 Å². The molecular weight excluding hydrogens is 528 g/mol. The van der Waals surface area contributed by atoms with Crippen LogP contribution in [0.5, 0.6) is 0 Å². The van der Waals surface area contributed by atoms with Crippen molar-refractivity contribution in [1.82, 2.24) is 20.1 Å². The minimum absolute atomic E-state index is 0.0184. The van der Waals surface area contributed by atoms with E-state index in [-0.39, 0.29) is 36.7 Å². The van der Waals surface area contributed by atoms with Crippen LogP contribution in [0, 0.1) is 5.92 Å². The van der Waals surface area contributed by atoms with Crippen LogP contribution < -0.4 is 16.0 Å². The number of carbonyl (C=O) groups excluding carboxylic acids is 3. The highest BCUT2D eigenvalue weighted by atomic mass is 32.1. The Bertz CT molecular complexity index is 1240. The summed E-state index contributed by atoms with van der Waals surface area (Å²) in [6.45, 7) is 4.23. The first-order valence-electron chi connectivity index (χ1n) is 14.4. The van der Waals surface area contributed by atoms with Gasteiger partial charge in [0.2, 0.25) is 5.91 Å². The number of benzene rings is 1. The molecule has 10 nitrogen and oxygen atoms in total.